The highest BCUT2D eigenvalue weighted by molar-refractivity contribution is 6.74. The fraction of sp³-hybridized carbons (Fsp3) is 0.500. The number of hydrogen-bond acceptors (Lipinski definition) is 10. The summed E-state index contributed by atoms with van der Waals surface area (Å²) in [6.07, 6.45) is -2.66. The van der Waals surface area contributed by atoms with Crippen molar-refractivity contribution in [1.29, 1.82) is 0 Å². The van der Waals surface area contributed by atoms with Gasteiger partial charge in [0.1, 0.15) is 36.6 Å². The third-order valence-electron chi connectivity index (χ3n) is 14.4. The zero-order chi connectivity index (χ0) is 42.5. The number of carbonyl (C=O) groups is 1. The Labute approximate surface area is 361 Å². The Morgan fingerprint density at radius 1 is 0.738 bits per heavy atom. The van der Waals surface area contributed by atoms with Crippen molar-refractivity contribution in [2.24, 2.45) is 11.3 Å². The van der Waals surface area contributed by atoms with E-state index in [1.807, 2.05) is 116 Å². The Morgan fingerprint density at radius 2 is 1.30 bits per heavy atom. The van der Waals surface area contributed by atoms with Gasteiger partial charge in [-0.05, 0) is 66.7 Å². The highest BCUT2D eigenvalue weighted by Gasteiger charge is 2.89. The van der Waals surface area contributed by atoms with Gasteiger partial charge in [-0.2, -0.15) is 0 Å². The molecule has 324 valence electrons. The lowest BCUT2D eigenvalue weighted by atomic mass is 9.49. The highest BCUT2D eigenvalue weighted by Crippen LogP contribution is 2.76. The lowest BCUT2D eigenvalue weighted by molar-refractivity contribution is -0.474. The van der Waals surface area contributed by atoms with E-state index in [1.54, 1.807) is 12.1 Å². The van der Waals surface area contributed by atoms with Crippen LogP contribution in [0, 0.1) is 11.3 Å². The van der Waals surface area contributed by atoms with Crippen LogP contribution in [-0.2, 0) is 62.1 Å². The van der Waals surface area contributed by atoms with E-state index in [4.69, 9.17) is 42.3 Å². The maximum Gasteiger partial charge on any atom is 0.338 e. The van der Waals surface area contributed by atoms with Crippen LogP contribution in [0.2, 0.25) is 18.1 Å². The molecule has 3 saturated heterocycles. The van der Waals surface area contributed by atoms with Crippen molar-refractivity contribution < 1.29 is 47.1 Å². The van der Waals surface area contributed by atoms with Crippen LogP contribution in [-0.4, -0.2) is 81.8 Å². The summed E-state index contributed by atoms with van der Waals surface area (Å²) in [6, 6.07) is 39.4. The maximum absolute atomic E-state index is 13.7. The van der Waals surface area contributed by atoms with Gasteiger partial charge in [-0.3, -0.25) is 0 Å². The molecule has 1 spiro atoms. The van der Waals surface area contributed by atoms with Crippen LogP contribution in [0.1, 0.15) is 67.6 Å². The molecule has 5 fully saturated rings. The molecule has 2 aliphatic carbocycles. The van der Waals surface area contributed by atoms with E-state index >= 15 is 0 Å². The molecule has 0 unspecified atom stereocenters. The van der Waals surface area contributed by atoms with E-state index < -0.39 is 55.8 Å². The second-order valence-corrected chi connectivity index (χ2v) is 23.8. The van der Waals surface area contributed by atoms with Gasteiger partial charge in [0.2, 0.25) is 0 Å². The van der Waals surface area contributed by atoms with Crippen LogP contribution in [0.25, 0.3) is 0 Å². The minimum absolute atomic E-state index is 0.00199. The number of ether oxygens (including phenoxy) is 8. The first kappa shape index (κ1) is 42.5. The number of esters is 1. The molecule has 11 heteroatoms. The molecule has 0 aromatic heterocycles. The summed E-state index contributed by atoms with van der Waals surface area (Å²) in [5, 5.41) is 0.00747. The number of carbonyl (C=O) groups excluding carboxylic acids is 1. The average Bonchev–Trinajstić information content (AvgIpc) is 3.55. The van der Waals surface area contributed by atoms with Crippen LogP contribution >= 0.6 is 0 Å². The number of hydrogen-bond donors (Lipinski definition) is 0. The van der Waals surface area contributed by atoms with E-state index in [2.05, 4.69) is 33.9 Å². The second kappa shape index (κ2) is 16.7. The van der Waals surface area contributed by atoms with Gasteiger partial charge in [-0.1, -0.05) is 130 Å². The zero-order valence-corrected chi connectivity index (χ0v) is 37.2. The molecule has 9 rings (SSSR count). The molecule has 11 atom stereocenters. The molecule has 0 N–H and O–H groups in total. The smallest absolute Gasteiger partial charge is 0.338 e. The normalized spacial score (nSPS) is 33.9. The minimum Gasteiger partial charge on any atom is -0.461 e. The van der Waals surface area contributed by atoms with Gasteiger partial charge >= 0.3 is 5.97 Å². The number of fused-ring (bicyclic) bond motifs is 1. The van der Waals surface area contributed by atoms with E-state index in [1.165, 1.54) is 0 Å². The molecular formula is C50H60O10Si. The quantitative estimate of drug-likeness (QED) is 0.0852. The minimum atomic E-state index is -2.20. The molecule has 0 bridgehead atoms. The Balaban J connectivity index is 1.05. The molecule has 2 saturated carbocycles. The van der Waals surface area contributed by atoms with Gasteiger partial charge in [-0.25, -0.2) is 4.79 Å². The second-order valence-electron chi connectivity index (χ2n) is 19.1. The average molecular weight is 849 g/mol. The predicted octanol–water partition coefficient (Wildman–Crippen LogP) is 9.03. The van der Waals surface area contributed by atoms with E-state index in [9.17, 15) is 4.79 Å². The molecule has 0 radical (unpaired) electrons. The Kier molecular flexibility index (Phi) is 11.7. The SMILES string of the molecule is CC(C)(C)[Si](C)(C)O[C@@H]1C[C@H]2O[C@]3(C)O[C@H]4[C@@H](O[C@H](COCc5ccccc5)[C@@H](OCc5ccccc5)[C@@H]4OCc4ccccc4)O[C@@]34C[C@@H]1[C@@]24COC(=O)c1ccccc1. The first-order valence-electron chi connectivity index (χ1n) is 21.8. The predicted molar refractivity (Wildman–Crippen MR) is 231 cm³/mol. The maximum atomic E-state index is 13.7. The fourth-order valence-corrected chi connectivity index (χ4v) is 11.6. The summed E-state index contributed by atoms with van der Waals surface area (Å²) in [6.45, 7) is 14.7. The lowest BCUT2D eigenvalue weighted by Gasteiger charge is -2.66. The highest BCUT2D eigenvalue weighted by atomic mass is 28.4. The van der Waals surface area contributed by atoms with Crippen LogP contribution in [0.5, 0.6) is 0 Å². The Morgan fingerprint density at radius 3 is 1.89 bits per heavy atom. The lowest BCUT2D eigenvalue weighted by Crippen LogP contribution is -2.80. The van der Waals surface area contributed by atoms with Crippen LogP contribution in [0.4, 0.5) is 0 Å². The Bertz CT molecular complexity index is 2100. The standard InChI is InChI=1S/C50H60O10Si/c1-47(2,3)61(5,6)60-39-27-41-49(33-55-45(51)37-25-17-10-18-26-37)38(39)28-50(49)48(4,57-41)58-44-43(54-31-36-23-15-9-16-24-36)42(53-30-35-21-13-8-14-22-35)40(56-46(44)59-50)32-52-29-34-19-11-7-12-20-34/h7-26,38-44,46H,27-33H2,1-6H3/t38-,39+,40+,41+,42+,43-,44+,46-,48+,49-,50-/m0/s1. The van der Waals surface area contributed by atoms with E-state index in [-0.39, 0.29) is 42.3 Å². The van der Waals surface area contributed by atoms with Crippen molar-refractivity contribution in [1.82, 2.24) is 0 Å². The summed E-state index contributed by atoms with van der Waals surface area (Å²) in [7, 11) is -2.20. The molecule has 5 aliphatic rings. The molecule has 3 aliphatic heterocycles. The fourth-order valence-electron chi connectivity index (χ4n) is 10.2. The van der Waals surface area contributed by atoms with E-state index in [0.29, 0.717) is 38.2 Å². The van der Waals surface area contributed by atoms with Crippen molar-refractivity contribution >= 4 is 14.3 Å². The van der Waals surface area contributed by atoms with Crippen molar-refractivity contribution in [3.8, 4) is 0 Å². The molecular weight excluding hydrogens is 789 g/mol. The summed E-state index contributed by atoms with van der Waals surface area (Å²) < 4.78 is 62.6. The third kappa shape index (κ3) is 7.74. The van der Waals surface area contributed by atoms with Crippen molar-refractivity contribution in [2.75, 3.05) is 13.2 Å². The molecule has 0 amide bonds. The largest absolute Gasteiger partial charge is 0.461 e. The number of rotatable bonds is 15. The van der Waals surface area contributed by atoms with Gasteiger partial charge in [0.15, 0.2) is 20.4 Å². The van der Waals surface area contributed by atoms with Crippen molar-refractivity contribution in [3.63, 3.8) is 0 Å². The van der Waals surface area contributed by atoms with Crippen LogP contribution in [0.3, 0.4) is 0 Å². The molecule has 4 aromatic carbocycles. The first-order chi connectivity index (χ1) is 29.3. The van der Waals surface area contributed by atoms with Crippen LogP contribution in [0.15, 0.2) is 121 Å². The summed E-state index contributed by atoms with van der Waals surface area (Å²) in [4.78, 5) is 13.7. The monoisotopic (exact) mass is 848 g/mol. The van der Waals surface area contributed by atoms with Crippen molar-refractivity contribution in [2.45, 2.75) is 133 Å². The summed E-state index contributed by atoms with van der Waals surface area (Å²) in [5.74, 6) is -1.62. The van der Waals surface area contributed by atoms with Gasteiger partial charge in [0.05, 0.1) is 49.6 Å². The summed E-state index contributed by atoms with van der Waals surface area (Å²) in [5.41, 5.74) is 1.81. The molecule has 10 nitrogen and oxygen atoms in total. The Hall–Kier alpha value is -3.75. The van der Waals surface area contributed by atoms with Gasteiger partial charge in [0, 0.05) is 5.92 Å². The first-order valence-corrected chi connectivity index (χ1v) is 24.7. The molecule has 3 heterocycles. The van der Waals surface area contributed by atoms with Crippen LogP contribution < -0.4 is 0 Å². The molecule has 61 heavy (non-hydrogen) atoms. The topological polar surface area (TPSA) is 100 Å². The summed E-state index contributed by atoms with van der Waals surface area (Å²) >= 11 is 0. The van der Waals surface area contributed by atoms with E-state index in [0.717, 1.165) is 16.7 Å². The van der Waals surface area contributed by atoms with Gasteiger partial charge < -0.3 is 42.3 Å². The molecule has 4 aromatic rings. The van der Waals surface area contributed by atoms with Gasteiger partial charge in [-0.15, -0.1) is 0 Å². The van der Waals surface area contributed by atoms with Gasteiger partial charge in [0.25, 0.3) is 0 Å². The van der Waals surface area contributed by atoms with Crippen molar-refractivity contribution in [3.05, 3.63) is 144 Å². The third-order valence-corrected chi connectivity index (χ3v) is 18.9. The number of benzene rings is 4. The zero-order valence-electron chi connectivity index (χ0n) is 36.2.